The number of alkyl halides is 1. The molecule has 4 bridgehead atoms. The average molecular weight is 468 g/mol. The van der Waals surface area contributed by atoms with Gasteiger partial charge in [0, 0.05) is 27.9 Å². The number of esters is 1. The molecule has 6 nitrogen and oxygen atoms in total. The van der Waals surface area contributed by atoms with E-state index in [2.05, 4.69) is 0 Å². The van der Waals surface area contributed by atoms with E-state index in [1.54, 1.807) is 6.07 Å². The predicted molar refractivity (Wildman–Crippen MR) is 117 cm³/mol. The summed E-state index contributed by atoms with van der Waals surface area (Å²) in [6.07, 6.45) is 6.01. The van der Waals surface area contributed by atoms with Gasteiger partial charge in [-0.1, -0.05) is 0 Å². The van der Waals surface area contributed by atoms with Crippen molar-refractivity contribution in [2.24, 2.45) is 17.3 Å². The molecule has 8 heteroatoms. The Kier molecular flexibility index (Phi) is 4.91. The van der Waals surface area contributed by atoms with E-state index in [-0.39, 0.29) is 40.8 Å². The van der Waals surface area contributed by atoms with Gasteiger partial charge in [-0.25, -0.2) is 8.42 Å². The van der Waals surface area contributed by atoms with Crippen LogP contribution in [0.15, 0.2) is 6.07 Å². The van der Waals surface area contributed by atoms with Crippen molar-refractivity contribution in [1.82, 2.24) is 4.57 Å². The van der Waals surface area contributed by atoms with Crippen molar-refractivity contribution in [2.45, 2.75) is 69.7 Å². The molecule has 1 aromatic heterocycles. The van der Waals surface area contributed by atoms with Crippen LogP contribution in [0.1, 0.15) is 72.7 Å². The zero-order valence-corrected chi connectivity index (χ0v) is 19.7. The molecular formula is C23H30ClNO5S. The predicted octanol–water partition coefficient (Wildman–Crippen LogP) is 3.77. The van der Waals surface area contributed by atoms with Gasteiger partial charge in [0.05, 0.1) is 16.9 Å². The highest BCUT2D eigenvalue weighted by Gasteiger charge is 2.60. The lowest BCUT2D eigenvalue weighted by Gasteiger charge is -2.58. The van der Waals surface area contributed by atoms with Crippen LogP contribution in [0.5, 0.6) is 0 Å². The molecule has 1 aliphatic heterocycles. The monoisotopic (exact) mass is 467 g/mol. The van der Waals surface area contributed by atoms with E-state index in [1.165, 1.54) is 0 Å². The highest BCUT2D eigenvalue weighted by Crippen LogP contribution is 2.64. The Morgan fingerprint density at radius 2 is 1.87 bits per heavy atom. The summed E-state index contributed by atoms with van der Waals surface area (Å²) in [6.45, 7) is 3.44. The molecule has 170 valence electrons. The molecule has 0 amide bonds. The second-order valence-electron chi connectivity index (χ2n) is 10.6. The van der Waals surface area contributed by atoms with Crippen LogP contribution in [-0.4, -0.2) is 47.7 Å². The molecule has 1 aromatic rings. The van der Waals surface area contributed by atoms with E-state index >= 15 is 0 Å². The lowest BCUT2D eigenvalue weighted by molar-refractivity contribution is -0.168. The number of carbonyl (C=O) groups excluding carboxylic acids is 2. The van der Waals surface area contributed by atoms with E-state index in [4.69, 9.17) is 16.3 Å². The lowest BCUT2D eigenvalue weighted by Crippen LogP contribution is -2.56. The fourth-order valence-electron chi connectivity index (χ4n) is 7.35. The highest BCUT2D eigenvalue weighted by atomic mass is 35.5. The topological polar surface area (TPSA) is 82.4 Å². The molecule has 0 unspecified atom stereocenters. The van der Waals surface area contributed by atoms with Gasteiger partial charge in [-0.3, -0.25) is 9.59 Å². The van der Waals surface area contributed by atoms with Gasteiger partial charge < -0.3 is 9.30 Å². The molecule has 3 atom stereocenters. The summed E-state index contributed by atoms with van der Waals surface area (Å²) in [5.41, 5.74) is 1.59. The van der Waals surface area contributed by atoms with Crippen molar-refractivity contribution in [3.8, 4) is 0 Å². The van der Waals surface area contributed by atoms with Crippen LogP contribution >= 0.6 is 11.6 Å². The Labute approximate surface area is 188 Å². The first kappa shape index (κ1) is 21.5. The van der Waals surface area contributed by atoms with Crippen LogP contribution in [0.25, 0.3) is 0 Å². The SMILES string of the molecule is Cc1cc(C(=O)COC(=O)C23C[C@H]4C[C@@H](CC(Cl)(C4)C2)C3)c(C)n1[C@@H]1CCS(=O)(=O)C1. The van der Waals surface area contributed by atoms with Crippen molar-refractivity contribution in [2.75, 3.05) is 18.1 Å². The lowest BCUT2D eigenvalue weighted by atomic mass is 9.49. The summed E-state index contributed by atoms with van der Waals surface area (Å²) in [5.74, 6) is 0.764. The molecule has 0 spiro atoms. The maximum absolute atomic E-state index is 13.1. The number of Topliss-reactive ketones (excluding diaryl/α,β-unsaturated/α-hetero) is 1. The maximum Gasteiger partial charge on any atom is 0.312 e. The second kappa shape index (κ2) is 7.08. The van der Waals surface area contributed by atoms with E-state index < -0.39 is 15.3 Å². The minimum Gasteiger partial charge on any atom is -0.457 e. The maximum atomic E-state index is 13.1. The molecule has 6 rings (SSSR count). The summed E-state index contributed by atoms with van der Waals surface area (Å²) in [5, 5.41) is 0. The van der Waals surface area contributed by atoms with Crippen molar-refractivity contribution < 1.29 is 22.7 Å². The molecule has 2 heterocycles. The average Bonchev–Trinajstić information content (AvgIpc) is 3.15. The number of aromatic nitrogens is 1. The number of ether oxygens (including phenoxy) is 1. The van der Waals surface area contributed by atoms with E-state index in [9.17, 15) is 18.0 Å². The van der Waals surface area contributed by atoms with E-state index in [0.29, 0.717) is 30.2 Å². The van der Waals surface area contributed by atoms with Crippen molar-refractivity contribution >= 4 is 33.2 Å². The number of halogens is 1. The van der Waals surface area contributed by atoms with Crippen LogP contribution in [0, 0.1) is 31.1 Å². The van der Waals surface area contributed by atoms with Crippen molar-refractivity contribution in [3.63, 3.8) is 0 Å². The molecular weight excluding hydrogens is 438 g/mol. The van der Waals surface area contributed by atoms with Crippen LogP contribution in [-0.2, 0) is 19.4 Å². The summed E-state index contributed by atoms with van der Waals surface area (Å²) in [4.78, 5) is 25.8. The Hall–Kier alpha value is -1.34. The molecule has 0 aromatic carbocycles. The standard InChI is InChI=1S/C23H30ClNO5S/c1-14-5-19(15(2)25(14)18-3-4-31(28,29)12-18)20(26)11-30-21(27)22-7-16-6-17(8-22)10-23(24,9-16)13-22/h5,16-18H,3-4,6-13H2,1-2H3/t16-,17-,18-,22?,23?/m1/s1. The van der Waals surface area contributed by atoms with Gasteiger partial charge in [-0.15, -0.1) is 11.6 Å². The Morgan fingerprint density at radius 1 is 1.19 bits per heavy atom. The number of sulfone groups is 1. The quantitative estimate of drug-likeness (QED) is 0.374. The first-order valence-corrected chi connectivity index (χ1v) is 13.5. The molecule has 0 N–H and O–H groups in total. The van der Waals surface area contributed by atoms with Crippen LogP contribution in [0.2, 0.25) is 0 Å². The summed E-state index contributed by atoms with van der Waals surface area (Å²) < 4.78 is 31.3. The van der Waals surface area contributed by atoms with Crippen molar-refractivity contribution in [3.05, 3.63) is 23.0 Å². The van der Waals surface area contributed by atoms with E-state index in [0.717, 1.165) is 43.5 Å². The molecule has 31 heavy (non-hydrogen) atoms. The first-order chi connectivity index (χ1) is 14.5. The fraction of sp³-hybridized carbons (Fsp3) is 0.739. The Morgan fingerprint density at radius 3 is 2.45 bits per heavy atom. The Balaban J connectivity index is 1.28. The van der Waals surface area contributed by atoms with Gasteiger partial charge in [-0.2, -0.15) is 0 Å². The second-order valence-corrected chi connectivity index (χ2v) is 13.6. The number of hydrogen-bond acceptors (Lipinski definition) is 5. The van der Waals surface area contributed by atoms with Gasteiger partial charge >= 0.3 is 5.97 Å². The minimum absolute atomic E-state index is 0.108. The zero-order chi connectivity index (χ0) is 22.2. The summed E-state index contributed by atoms with van der Waals surface area (Å²) in [6, 6.07) is 1.65. The normalized spacial score (nSPS) is 37.8. The molecule has 4 saturated carbocycles. The summed E-state index contributed by atoms with van der Waals surface area (Å²) >= 11 is 6.83. The Bertz CT molecular complexity index is 1040. The molecule has 1 saturated heterocycles. The largest absolute Gasteiger partial charge is 0.457 e. The van der Waals surface area contributed by atoms with Gasteiger partial charge in [0.2, 0.25) is 5.78 Å². The van der Waals surface area contributed by atoms with Crippen LogP contribution in [0.4, 0.5) is 0 Å². The van der Waals surface area contributed by atoms with Gasteiger partial charge in [0.25, 0.3) is 0 Å². The third-order valence-corrected chi connectivity index (χ3v) is 10.3. The van der Waals surface area contributed by atoms with Crippen LogP contribution < -0.4 is 0 Å². The number of nitrogens with zero attached hydrogens (tertiary/aromatic N) is 1. The fourth-order valence-corrected chi connectivity index (χ4v) is 9.74. The van der Waals surface area contributed by atoms with Crippen molar-refractivity contribution in [1.29, 1.82) is 0 Å². The smallest absolute Gasteiger partial charge is 0.312 e. The third-order valence-electron chi connectivity index (χ3n) is 8.12. The molecule has 5 aliphatic rings. The molecule has 0 radical (unpaired) electrons. The number of aryl methyl sites for hydroxylation is 1. The zero-order valence-electron chi connectivity index (χ0n) is 18.2. The number of rotatable bonds is 5. The minimum atomic E-state index is -3.02. The van der Waals surface area contributed by atoms with Gasteiger partial charge in [0.1, 0.15) is 0 Å². The number of hydrogen-bond donors (Lipinski definition) is 0. The van der Waals surface area contributed by atoms with Gasteiger partial charge in [-0.05, 0) is 76.7 Å². The van der Waals surface area contributed by atoms with Crippen LogP contribution in [0.3, 0.4) is 0 Å². The molecule has 5 fully saturated rings. The summed E-state index contributed by atoms with van der Waals surface area (Å²) in [7, 11) is -3.02. The molecule has 4 aliphatic carbocycles. The highest BCUT2D eigenvalue weighted by molar-refractivity contribution is 7.91. The number of ketones is 1. The van der Waals surface area contributed by atoms with Gasteiger partial charge in [0.15, 0.2) is 16.4 Å². The van der Waals surface area contributed by atoms with E-state index in [1.807, 2.05) is 18.4 Å². The first-order valence-electron chi connectivity index (χ1n) is 11.3. The third kappa shape index (κ3) is 3.65. The number of carbonyl (C=O) groups is 2.